The molecule has 2 nitrogen and oxygen atoms in total. The molecule has 0 aliphatic rings. The van der Waals surface area contributed by atoms with E-state index in [4.69, 9.17) is 8.83 Å². The minimum atomic E-state index is -0.0343. The highest BCUT2D eigenvalue weighted by atomic mass is 79.9. The molecule has 0 atom stereocenters. The van der Waals surface area contributed by atoms with Gasteiger partial charge < -0.3 is 8.83 Å². The lowest BCUT2D eigenvalue weighted by Gasteiger charge is -2.14. The van der Waals surface area contributed by atoms with Crippen LogP contribution in [0.5, 0.6) is 0 Å². The predicted molar refractivity (Wildman–Crippen MR) is 82.0 cm³/mol. The predicted octanol–water partition coefficient (Wildman–Crippen LogP) is 5.43. The van der Waals surface area contributed by atoms with Gasteiger partial charge in [0.1, 0.15) is 29.0 Å². The van der Waals surface area contributed by atoms with Gasteiger partial charge in [-0.3, -0.25) is 0 Å². The van der Waals surface area contributed by atoms with E-state index in [0.29, 0.717) is 0 Å². The number of hydrogen-bond acceptors (Lipinski definition) is 2. The third-order valence-electron chi connectivity index (χ3n) is 3.31. The van der Waals surface area contributed by atoms with Gasteiger partial charge in [-0.1, -0.05) is 34.1 Å². The Morgan fingerprint density at radius 3 is 1.80 bits per heavy atom. The Balaban J connectivity index is 2.16. The first-order chi connectivity index (χ1) is 9.65. The van der Waals surface area contributed by atoms with Crippen LogP contribution in [0.25, 0.3) is 0 Å². The van der Waals surface area contributed by atoms with Crippen molar-refractivity contribution in [1.82, 2.24) is 0 Å². The van der Waals surface area contributed by atoms with Crippen LogP contribution in [0.2, 0.25) is 0 Å². The van der Waals surface area contributed by atoms with E-state index in [-0.39, 0.29) is 5.92 Å². The van der Waals surface area contributed by atoms with Crippen LogP contribution in [0.4, 0.5) is 0 Å². The molecule has 0 aliphatic carbocycles. The second-order valence-corrected chi connectivity index (χ2v) is 5.71. The van der Waals surface area contributed by atoms with Crippen molar-refractivity contribution >= 4 is 15.9 Å². The summed E-state index contributed by atoms with van der Waals surface area (Å²) in [6.07, 6.45) is 0. The minimum absolute atomic E-state index is 0.0343. The molecule has 0 aliphatic heterocycles. The van der Waals surface area contributed by atoms with Crippen LogP contribution >= 0.6 is 15.9 Å². The van der Waals surface area contributed by atoms with Gasteiger partial charge in [0.2, 0.25) is 0 Å². The van der Waals surface area contributed by atoms with Crippen LogP contribution < -0.4 is 0 Å². The van der Waals surface area contributed by atoms with E-state index in [2.05, 4.69) is 22.0 Å². The minimum Gasteiger partial charge on any atom is -0.465 e. The van der Waals surface area contributed by atoms with Crippen molar-refractivity contribution in [3.63, 3.8) is 0 Å². The molecule has 1 aromatic carbocycles. The monoisotopic (exact) mass is 330 g/mol. The third kappa shape index (κ3) is 2.46. The average Bonchev–Trinajstić information content (AvgIpc) is 3.02. The number of aryl methyl sites for hydroxylation is 2. The van der Waals surface area contributed by atoms with Gasteiger partial charge in [-0.25, -0.2) is 0 Å². The van der Waals surface area contributed by atoms with Gasteiger partial charge in [0.15, 0.2) is 0 Å². The Morgan fingerprint density at radius 2 is 1.35 bits per heavy atom. The second-order valence-electron chi connectivity index (χ2n) is 4.85. The lowest BCUT2D eigenvalue weighted by Crippen LogP contribution is -2.01. The summed E-state index contributed by atoms with van der Waals surface area (Å²) >= 11 is 3.62. The first-order valence-corrected chi connectivity index (χ1v) is 7.31. The van der Waals surface area contributed by atoms with E-state index in [9.17, 15) is 0 Å². The molecule has 0 N–H and O–H groups in total. The van der Waals surface area contributed by atoms with Gasteiger partial charge in [-0.15, -0.1) is 0 Å². The molecule has 3 aromatic rings. The molecule has 3 heteroatoms. The largest absolute Gasteiger partial charge is 0.465 e. The Hall–Kier alpha value is -1.74. The first kappa shape index (κ1) is 13.3. The van der Waals surface area contributed by atoms with Crippen molar-refractivity contribution < 1.29 is 8.83 Å². The van der Waals surface area contributed by atoms with Gasteiger partial charge in [0.25, 0.3) is 0 Å². The highest BCUT2D eigenvalue weighted by molar-refractivity contribution is 9.10. The Labute approximate surface area is 126 Å². The summed E-state index contributed by atoms with van der Waals surface area (Å²) in [6, 6.07) is 16.1. The molecule has 2 heterocycles. The maximum Gasteiger partial charge on any atom is 0.119 e. The van der Waals surface area contributed by atoms with Crippen LogP contribution in [0.15, 0.2) is 61.8 Å². The van der Waals surface area contributed by atoms with Crippen molar-refractivity contribution in [1.29, 1.82) is 0 Å². The fourth-order valence-electron chi connectivity index (χ4n) is 2.37. The highest BCUT2D eigenvalue weighted by Gasteiger charge is 2.24. The van der Waals surface area contributed by atoms with Crippen LogP contribution in [0.1, 0.15) is 34.5 Å². The zero-order valence-corrected chi connectivity index (χ0v) is 13.0. The molecule has 102 valence electrons. The van der Waals surface area contributed by atoms with Crippen LogP contribution in [-0.4, -0.2) is 0 Å². The summed E-state index contributed by atoms with van der Waals surface area (Å²) in [5.74, 6) is 3.56. The zero-order valence-electron chi connectivity index (χ0n) is 11.4. The fourth-order valence-corrected chi connectivity index (χ4v) is 2.89. The van der Waals surface area contributed by atoms with E-state index in [1.165, 1.54) is 0 Å². The van der Waals surface area contributed by atoms with Gasteiger partial charge in [-0.05, 0) is 49.7 Å². The lowest BCUT2D eigenvalue weighted by molar-refractivity contribution is 0.428. The maximum atomic E-state index is 5.84. The standard InChI is InChI=1S/C17H15BrO2/c1-11-7-9-15(19-11)17(16-10-8-12(2)20-16)13-5-3-4-6-14(13)18/h3-10,17H,1-2H3. The molecule has 0 saturated heterocycles. The molecule has 0 saturated carbocycles. The summed E-state index contributed by atoms with van der Waals surface area (Å²) < 4.78 is 12.7. The Kier molecular flexibility index (Phi) is 3.53. The van der Waals surface area contributed by atoms with E-state index in [1.54, 1.807) is 0 Å². The number of hydrogen-bond donors (Lipinski definition) is 0. The van der Waals surface area contributed by atoms with Crippen molar-refractivity contribution in [3.05, 3.63) is 81.6 Å². The SMILES string of the molecule is Cc1ccc(C(c2ccc(C)o2)c2ccccc2Br)o1. The molecule has 20 heavy (non-hydrogen) atoms. The van der Waals surface area contributed by atoms with Gasteiger partial charge in [-0.2, -0.15) is 0 Å². The Morgan fingerprint density at radius 1 is 0.800 bits per heavy atom. The number of furan rings is 2. The fraction of sp³-hybridized carbons (Fsp3) is 0.176. The molecule has 0 spiro atoms. The third-order valence-corrected chi connectivity index (χ3v) is 4.03. The number of rotatable bonds is 3. The quantitative estimate of drug-likeness (QED) is 0.639. The molecule has 0 radical (unpaired) electrons. The van der Waals surface area contributed by atoms with Crippen LogP contribution in [-0.2, 0) is 0 Å². The first-order valence-electron chi connectivity index (χ1n) is 6.52. The molecule has 0 fully saturated rings. The van der Waals surface area contributed by atoms with Gasteiger partial charge in [0.05, 0.1) is 0 Å². The van der Waals surface area contributed by atoms with Crippen LogP contribution in [0, 0.1) is 13.8 Å². The van der Waals surface area contributed by atoms with E-state index in [0.717, 1.165) is 33.1 Å². The van der Waals surface area contributed by atoms with Crippen molar-refractivity contribution in [2.45, 2.75) is 19.8 Å². The second kappa shape index (κ2) is 5.33. The summed E-state index contributed by atoms with van der Waals surface area (Å²) in [5, 5.41) is 0. The summed E-state index contributed by atoms with van der Waals surface area (Å²) in [4.78, 5) is 0. The van der Waals surface area contributed by atoms with E-state index >= 15 is 0 Å². The van der Waals surface area contributed by atoms with Gasteiger partial charge >= 0.3 is 0 Å². The molecule has 3 rings (SSSR count). The number of benzene rings is 1. The summed E-state index contributed by atoms with van der Waals surface area (Å²) in [6.45, 7) is 3.90. The van der Waals surface area contributed by atoms with Crippen molar-refractivity contribution in [3.8, 4) is 0 Å². The average molecular weight is 331 g/mol. The summed E-state index contributed by atoms with van der Waals surface area (Å²) in [7, 11) is 0. The van der Waals surface area contributed by atoms with E-state index in [1.807, 2.05) is 56.3 Å². The molecular formula is C17H15BrO2. The van der Waals surface area contributed by atoms with Crippen molar-refractivity contribution in [2.75, 3.05) is 0 Å². The molecule has 0 unspecified atom stereocenters. The van der Waals surface area contributed by atoms with Crippen LogP contribution in [0.3, 0.4) is 0 Å². The van der Waals surface area contributed by atoms with Crippen molar-refractivity contribution in [2.24, 2.45) is 0 Å². The Bertz CT molecular complexity index is 684. The topological polar surface area (TPSA) is 26.3 Å². The highest BCUT2D eigenvalue weighted by Crippen LogP contribution is 2.37. The lowest BCUT2D eigenvalue weighted by atomic mass is 9.94. The zero-order chi connectivity index (χ0) is 14.1. The number of halogens is 1. The van der Waals surface area contributed by atoms with E-state index < -0.39 is 0 Å². The molecule has 0 bridgehead atoms. The molecule has 0 amide bonds. The maximum absolute atomic E-state index is 5.84. The van der Waals surface area contributed by atoms with Gasteiger partial charge in [0, 0.05) is 4.47 Å². The normalized spacial score (nSPS) is 11.2. The smallest absolute Gasteiger partial charge is 0.119 e. The summed E-state index contributed by atoms with van der Waals surface area (Å²) in [5.41, 5.74) is 1.14. The molecular weight excluding hydrogens is 316 g/mol. The molecule has 2 aromatic heterocycles.